The van der Waals surface area contributed by atoms with E-state index < -0.39 is 5.91 Å². The summed E-state index contributed by atoms with van der Waals surface area (Å²) >= 11 is 0. The number of benzene rings is 2. The minimum atomic E-state index is -0.595. The highest BCUT2D eigenvalue weighted by molar-refractivity contribution is 6.02. The standard InChI is InChI=1S/C25H27N3O.C8H13N5O/c1-3-22-19-21-10-7-9-20(11-8-14-27-17-15-26(2)16-18-27)24(21)25(29)28(22)23-12-5-4-6-13-23;1-3-4-11-8-5(7(10)14)6(9)12-13(8)2/h4-7,9-10,12-13,19H,3,14-18H2,1-2H3;3,11H,1,4H2,2H3,(H2,9,12)(H2,10,14). The molecular formula is C33H40N8O2. The number of anilines is 2. The maximum Gasteiger partial charge on any atom is 0.264 e. The van der Waals surface area contributed by atoms with Crippen molar-refractivity contribution in [3.8, 4) is 17.5 Å². The van der Waals surface area contributed by atoms with Crippen molar-refractivity contribution in [3.05, 3.63) is 94.4 Å². The van der Waals surface area contributed by atoms with E-state index in [2.05, 4.69) is 58.7 Å². The number of carbonyl (C=O) groups excluding carboxylic acids is 1. The van der Waals surface area contributed by atoms with Crippen molar-refractivity contribution >= 4 is 28.3 Å². The van der Waals surface area contributed by atoms with Crippen molar-refractivity contribution in [1.29, 1.82) is 0 Å². The number of para-hydroxylation sites is 1. The van der Waals surface area contributed by atoms with E-state index in [1.165, 1.54) is 4.68 Å². The zero-order valence-corrected chi connectivity index (χ0v) is 25.1. The lowest BCUT2D eigenvalue weighted by molar-refractivity contribution is 0.100. The number of nitrogen functional groups attached to an aromatic ring is 1. The van der Waals surface area contributed by atoms with Crippen LogP contribution >= 0.6 is 0 Å². The third-order valence-corrected chi connectivity index (χ3v) is 7.36. The van der Waals surface area contributed by atoms with Crippen LogP contribution in [-0.2, 0) is 13.5 Å². The van der Waals surface area contributed by atoms with Gasteiger partial charge < -0.3 is 21.7 Å². The van der Waals surface area contributed by atoms with Gasteiger partial charge in [-0.2, -0.15) is 5.10 Å². The number of fused-ring (bicyclic) bond motifs is 1. The number of rotatable bonds is 7. The van der Waals surface area contributed by atoms with E-state index in [0.29, 0.717) is 17.7 Å². The van der Waals surface area contributed by atoms with Crippen molar-refractivity contribution in [2.24, 2.45) is 12.8 Å². The Hall–Kier alpha value is -4.85. The molecule has 5 N–H and O–H groups in total. The molecule has 4 aromatic rings. The Morgan fingerprint density at radius 1 is 1.09 bits per heavy atom. The van der Waals surface area contributed by atoms with Crippen molar-refractivity contribution < 1.29 is 4.79 Å². The molecule has 1 saturated heterocycles. The van der Waals surface area contributed by atoms with Crippen LogP contribution in [0.4, 0.5) is 11.6 Å². The van der Waals surface area contributed by atoms with Gasteiger partial charge in [0.25, 0.3) is 11.5 Å². The molecule has 0 unspecified atom stereocenters. The molecule has 2 aromatic carbocycles. The molecule has 5 rings (SSSR count). The van der Waals surface area contributed by atoms with Gasteiger partial charge in [0.15, 0.2) is 5.82 Å². The van der Waals surface area contributed by atoms with Gasteiger partial charge in [-0.15, -0.1) is 6.58 Å². The van der Waals surface area contributed by atoms with Gasteiger partial charge in [0.05, 0.1) is 11.9 Å². The molecule has 0 aliphatic carbocycles. The van der Waals surface area contributed by atoms with Crippen LogP contribution in [-0.4, -0.2) is 76.4 Å². The second-order valence-electron chi connectivity index (χ2n) is 10.4. The van der Waals surface area contributed by atoms with Crippen molar-refractivity contribution in [1.82, 2.24) is 24.1 Å². The summed E-state index contributed by atoms with van der Waals surface area (Å²) in [6, 6.07) is 17.9. The SMILES string of the molecule is C=CCNc1c(C(N)=O)c(N)nn1C.CCc1cc2cccc(C#CCN3CCN(C)CC3)c2c(=O)n1-c1ccccc1. The molecule has 0 radical (unpaired) electrons. The van der Waals surface area contributed by atoms with Crippen molar-refractivity contribution in [3.63, 3.8) is 0 Å². The maximum absolute atomic E-state index is 13.5. The Morgan fingerprint density at radius 3 is 2.47 bits per heavy atom. The maximum atomic E-state index is 13.5. The Morgan fingerprint density at radius 2 is 1.81 bits per heavy atom. The van der Waals surface area contributed by atoms with Crippen LogP contribution in [0.15, 0.2) is 72.0 Å². The number of nitrogens with one attached hydrogen (secondary N) is 1. The highest BCUT2D eigenvalue weighted by atomic mass is 16.1. The van der Waals surface area contributed by atoms with Gasteiger partial charge in [-0.25, -0.2) is 0 Å². The normalized spacial score (nSPS) is 13.5. The quantitative estimate of drug-likeness (QED) is 0.227. The molecule has 43 heavy (non-hydrogen) atoms. The topological polar surface area (TPSA) is 127 Å². The van der Waals surface area contributed by atoms with Crippen LogP contribution in [0.5, 0.6) is 0 Å². The molecule has 0 spiro atoms. The largest absolute Gasteiger partial charge is 0.381 e. The first-order valence-corrected chi connectivity index (χ1v) is 14.3. The number of primary amides is 1. The molecule has 1 aliphatic heterocycles. The van der Waals surface area contributed by atoms with E-state index in [1.54, 1.807) is 13.1 Å². The Labute approximate surface area is 252 Å². The lowest BCUT2D eigenvalue weighted by Gasteiger charge is -2.30. The number of piperazine rings is 1. The molecule has 224 valence electrons. The summed E-state index contributed by atoms with van der Waals surface area (Å²) in [7, 11) is 3.83. The van der Waals surface area contributed by atoms with Gasteiger partial charge in [0.1, 0.15) is 11.4 Å². The third kappa shape index (κ3) is 7.33. The first kappa shape index (κ1) is 31.1. The number of likely N-dealkylation sites (N-methyl/N-ethyl adjacent to an activating group) is 1. The molecular weight excluding hydrogens is 540 g/mol. The monoisotopic (exact) mass is 580 g/mol. The second kappa shape index (κ2) is 14.4. The van der Waals surface area contributed by atoms with Gasteiger partial charge in [-0.3, -0.25) is 23.7 Å². The van der Waals surface area contributed by atoms with Gasteiger partial charge in [0, 0.05) is 56.7 Å². The van der Waals surface area contributed by atoms with Crippen LogP contribution in [0.25, 0.3) is 16.5 Å². The fraction of sp³-hybridized carbons (Fsp3) is 0.303. The van der Waals surface area contributed by atoms with E-state index >= 15 is 0 Å². The first-order valence-electron chi connectivity index (χ1n) is 14.3. The Kier molecular flexibility index (Phi) is 10.4. The van der Waals surface area contributed by atoms with E-state index in [-0.39, 0.29) is 16.9 Å². The molecule has 0 atom stereocenters. The van der Waals surface area contributed by atoms with Crippen LogP contribution in [0.1, 0.15) is 28.5 Å². The number of pyridine rings is 1. The van der Waals surface area contributed by atoms with E-state index in [0.717, 1.165) is 61.5 Å². The lowest BCUT2D eigenvalue weighted by Crippen LogP contribution is -2.44. The molecule has 1 amide bonds. The van der Waals surface area contributed by atoms with E-state index in [1.807, 2.05) is 53.1 Å². The molecule has 1 aliphatic rings. The number of amides is 1. The van der Waals surface area contributed by atoms with E-state index in [9.17, 15) is 9.59 Å². The lowest BCUT2D eigenvalue weighted by atomic mass is 10.0. The second-order valence-corrected chi connectivity index (χ2v) is 10.4. The summed E-state index contributed by atoms with van der Waals surface area (Å²) in [6.07, 6.45) is 2.45. The number of nitrogens with two attached hydrogens (primary N) is 2. The summed E-state index contributed by atoms with van der Waals surface area (Å²) in [6.45, 7) is 11.1. The number of aromatic nitrogens is 3. The smallest absolute Gasteiger partial charge is 0.264 e. The molecule has 0 saturated carbocycles. The van der Waals surface area contributed by atoms with E-state index in [4.69, 9.17) is 11.5 Å². The zero-order chi connectivity index (χ0) is 30.9. The number of aryl methyl sites for hydroxylation is 2. The number of nitrogens with zero attached hydrogens (tertiary/aromatic N) is 5. The van der Waals surface area contributed by atoms with Gasteiger partial charge in [-0.1, -0.05) is 55.2 Å². The third-order valence-electron chi connectivity index (χ3n) is 7.36. The van der Waals surface area contributed by atoms with Gasteiger partial charge >= 0.3 is 0 Å². The number of carbonyl (C=O) groups is 1. The first-order chi connectivity index (χ1) is 20.7. The molecule has 3 heterocycles. The van der Waals surface area contributed by atoms with Crippen LogP contribution in [0, 0.1) is 11.8 Å². The number of hydrogen-bond donors (Lipinski definition) is 3. The molecule has 2 aromatic heterocycles. The molecule has 10 heteroatoms. The van der Waals surface area contributed by atoms with Crippen LogP contribution < -0.4 is 22.3 Å². The Bertz CT molecular complexity index is 1700. The van der Waals surface area contributed by atoms with Crippen molar-refractivity contribution in [2.45, 2.75) is 13.3 Å². The van der Waals surface area contributed by atoms with Crippen LogP contribution in [0.3, 0.4) is 0 Å². The summed E-state index contributed by atoms with van der Waals surface area (Å²) in [5.41, 5.74) is 13.6. The summed E-state index contributed by atoms with van der Waals surface area (Å²) in [5.74, 6) is 6.63. The Balaban J connectivity index is 0.000000255. The highest BCUT2D eigenvalue weighted by Gasteiger charge is 2.18. The zero-order valence-electron chi connectivity index (χ0n) is 25.1. The fourth-order valence-corrected chi connectivity index (χ4v) is 5.05. The minimum absolute atomic E-state index is 0.00930. The summed E-state index contributed by atoms with van der Waals surface area (Å²) < 4.78 is 3.30. The molecule has 1 fully saturated rings. The van der Waals surface area contributed by atoms with Crippen molar-refractivity contribution in [2.75, 3.05) is 57.4 Å². The fourth-order valence-electron chi connectivity index (χ4n) is 5.05. The average Bonchev–Trinajstić information content (AvgIpc) is 3.29. The predicted octanol–water partition coefficient (Wildman–Crippen LogP) is 2.85. The van der Waals surface area contributed by atoms with Gasteiger partial charge in [0.2, 0.25) is 0 Å². The summed E-state index contributed by atoms with van der Waals surface area (Å²) in [5, 5.41) is 8.49. The number of hydrogen-bond acceptors (Lipinski definition) is 7. The highest BCUT2D eigenvalue weighted by Crippen LogP contribution is 2.21. The average molecular weight is 581 g/mol. The van der Waals surface area contributed by atoms with Crippen LogP contribution in [0.2, 0.25) is 0 Å². The summed E-state index contributed by atoms with van der Waals surface area (Å²) in [4.78, 5) is 29.3. The minimum Gasteiger partial charge on any atom is -0.381 e. The predicted molar refractivity (Wildman–Crippen MR) is 175 cm³/mol. The molecule has 10 nitrogen and oxygen atoms in total. The van der Waals surface area contributed by atoms with Gasteiger partial charge in [-0.05, 0) is 43.1 Å². The molecule has 0 bridgehead atoms.